The maximum atomic E-state index is 15.1. The van der Waals surface area contributed by atoms with Crippen LogP contribution in [0, 0.1) is 11.6 Å². The SMILES string of the molecule is COCC(C)OC(=O)Cc1ccccc1OCc1cc(-c2ccc(F)c(CN)c2F)c2occc2c1. The van der Waals surface area contributed by atoms with E-state index in [0.717, 1.165) is 10.9 Å². The first kappa shape index (κ1) is 25.3. The number of nitrogens with two attached hydrogens (primary N) is 1. The summed E-state index contributed by atoms with van der Waals surface area (Å²) in [6, 6.07) is 15.1. The molecule has 4 aromatic rings. The molecule has 0 saturated heterocycles. The van der Waals surface area contributed by atoms with E-state index >= 15 is 4.39 Å². The highest BCUT2D eigenvalue weighted by molar-refractivity contribution is 5.93. The first-order valence-electron chi connectivity index (χ1n) is 11.5. The molecular formula is C28H27F2NO5. The molecule has 8 heteroatoms. The number of rotatable bonds is 10. The molecule has 3 aromatic carbocycles. The lowest BCUT2D eigenvalue weighted by molar-refractivity contribution is -0.149. The van der Waals surface area contributed by atoms with E-state index in [1.54, 1.807) is 38.3 Å². The average Bonchev–Trinajstić information content (AvgIpc) is 3.32. The van der Waals surface area contributed by atoms with Crippen LogP contribution in [0.3, 0.4) is 0 Å². The van der Waals surface area contributed by atoms with Crippen molar-refractivity contribution in [2.24, 2.45) is 5.73 Å². The molecule has 188 valence electrons. The predicted octanol–water partition coefficient (Wildman–Crippen LogP) is 5.54. The number of halogens is 2. The van der Waals surface area contributed by atoms with Gasteiger partial charge >= 0.3 is 5.97 Å². The quantitative estimate of drug-likeness (QED) is 0.291. The van der Waals surface area contributed by atoms with E-state index in [1.165, 1.54) is 18.4 Å². The zero-order chi connectivity index (χ0) is 25.7. The van der Waals surface area contributed by atoms with Crippen LogP contribution in [0.25, 0.3) is 22.1 Å². The Morgan fingerprint density at radius 1 is 1.08 bits per heavy atom. The second kappa shape index (κ2) is 11.3. The third-order valence-electron chi connectivity index (χ3n) is 5.73. The first-order valence-corrected chi connectivity index (χ1v) is 11.5. The molecule has 0 aliphatic carbocycles. The number of para-hydroxylation sites is 1. The van der Waals surface area contributed by atoms with Gasteiger partial charge < -0.3 is 24.4 Å². The Bertz CT molecular complexity index is 1370. The van der Waals surface area contributed by atoms with Gasteiger partial charge in [-0.05, 0) is 48.9 Å². The molecule has 0 bridgehead atoms. The van der Waals surface area contributed by atoms with Gasteiger partial charge in [-0.25, -0.2) is 8.78 Å². The van der Waals surface area contributed by atoms with Crippen molar-refractivity contribution in [3.8, 4) is 16.9 Å². The summed E-state index contributed by atoms with van der Waals surface area (Å²) in [4.78, 5) is 12.3. The van der Waals surface area contributed by atoms with Gasteiger partial charge in [-0.15, -0.1) is 0 Å². The summed E-state index contributed by atoms with van der Waals surface area (Å²) in [5.74, 6) is -1.28. The van der Waals surface area contributed by atoms with Crippen LogP contribution in [0.4, 0.5) is 8.78 Å². The zero-order valence-electron chi connectivity index (χ0n) is 20.1. The van der Waals surface area contributed by atoms with Crippen LogP contribution in [-0.4, -0.2) is 25.8 Å². The number of ether oxygens (including phenoxy) is 3. The van der Waals surface area contributed by atoms with E-state index in [9.17, 15) is 9.18 Å². The standard InChI is InChI=1S/C28H27F2NO5/c1-17(15-33-2)36-26(32)13-19-5-3-4-6-25(19)35-16-18-11-20-9-10-34-28(20)22(12-18)21-7-8-24(29)23(14-31)27(21)30/h3-12,17H,13-16,31H2,1-2H3. The highest BCUT2D eigenvalue weighted by Crippen LogP contribution is 2.35. The van der Waals surface area contributed by atoms with Gasteiger partial charge in [0, 0.05) is 41.3 Å². The molecule has 36 heavy (non-hydrogen) atoms. The van der Waals surface area contributed by atoms with Gasteiger partial charge in [-0.3, -0.25) is 4.79 Å². The molecule has 1 unspecified atom stereocenters. The minimum Gasteiger partial charge on any atom is -0.489 e. The number of hydrogen-bond acceptors (Lipinski definition) is 6. The lowest BCUT2D eigenvalue weighted by Crippen LogP contribution is -2.21. The first-order chi connectivity index (χ1) is 17.4. The summed E-state index contributed by atoms with van der Waals surface area (Å²) in [6.45, 7) is 1.95. The van der Waals surface area contributed by atoms with Crippen molar-refractivity contribution in [3.63, 3.8) is 0 Å². The molecule has 0 aliphatic rings. The van der Waals surface area contributed by atoms with E-state index in [-0.39, 0.29) is 42.8 Å². The topological polar surface area (TPSA) is 83.9 Å². The average molecular weight is 496 g/mol. The molecule has 0 spiro atoms. The molecule has 0 radical (unpaired) electrons. The summed E-state index contributed by atoms with van der Waals surface area (Å²) in [6.07, 6.45) is 1.19. The number of carbonyl (C=O) groups is 1. The van der Waals surface area contributed by atoms with Gasteiger partial charge in [-0.2, -0.15) is 0 Å². The lowest BCUT2D eigenvalue weighted by atomic mass is 9.98. The smallest absolute Gasteiger partial charge is 0.310 e. The largest absolute Gasteiger partial charge is 0.489 e. The van der Waals surface area contributed by atoms with E-state index in [1.807, 2.05) is 18.2 Å². The van der Waals surface area contributed by atoms with E-state index in [2.05, 4.69) is 0 Å². The Kier molecular flexibility index (Phi) is 7.97. The van der Waals surface area contributed by atoms with E-state index in [0.29, 0.717) is 29.1 Å². The Balaban J connectivity index is 1.59. The van der Waals surface area contributed by atoms with E-state index in [4.69, 9.17) is 24.4 Å². The normalized spacial score (nSPS) is 12.0. The number of fused-ring (bicyclic) bond motifs is 1. The second-order valence-electron chi connectivity index (χ2n) is 8.40. The summed E-state index contributed by atoms with van der Waals surface area (Å²) >= 11 is 0. The van der Waals surface area contributed by atoms with Gasteiger partial charge in [0.1, 0.15) is 35.7 Å². The predicted molar refractivity (Wildman–Crippen MR) is 131 cm³/mol. The van der Waals surface area contributed by atoms with Crippen molar-refractivity contribution >= 4 is 16.9 Å². The van der Waals surface area contributed by atoms with Crippen LogP contribution in [0.15, 0.2) is 65.3 Å². The number of hydrogen-bond donors (Lipinski definition) is 1. The minimum atomic E-state index is -0.722. The third kappa shape index (κ3) is 5.56. The van der Waals surface area contributed by atoms with Crippen molar-refractivity contribution in [2.75, 3.05) is 13.7 Å². The molecular weight excluding hydrogens is 468 g/mol. The summed E-state index contributed by atoms with van der Waals surface area (Å²) < 4.78 is 51.1. The fraction of sp³-hybridized carbons (Fsp3) is 0.250. The third-order valence-corrected chi connectivity index (χ3v) is 5.73. The van der Waals surface area contributed by atoms with Crippen LogP contribution >= 0.6 is 0 Å². The molecule has 2 N–H and O–H groups in total. The van der Waals surface area contributed by atoms with Gasteiger partial charge in [-0.1, -0.05) is 18.2 Å². The number of methoxy groups -OCH3 is 1. The second-order valence-corrected chi connectivity index (χ2v) is 8.40. The van der Waals surface area contributed by atoms with Crippen molar-refractivity contribution in [3.05, 3.63) is 89.2 Å². The summed E-state index contributed by atoms with van der Waals surface area (Å²) in [5.41, 5.74) is 7.91. The van der Waals surface area contributed by atoms with Gasteiger partial charge in [0.25, 0.3) is 0 Å². The Morgan fingerprint density at radius 3 is 2.67 bits per heavy atom. The molecule has 4 rings (SSSR count). The minimum absolute atomic E-state index is 0.0406. The van der Waals surface area contributed by atoms with Crippen molar-refractivity contribution in [1.82, 2.24) is 0 Å². The van der Waals surface area contributed by atoms with Crippen molar-refractivity contribution in [2.45, 2.75) is 32.6 Å². The molecule has 6 nitrogen and oxygen atoms in total. The highest BCUT2D eigenvalue weighted by atomic mass is 19.1. The number of furan rings is 1. The molecule has 0 amide bonds. The molecule has 1 heterocycles. The van der Waals surface area contributed by atoms with Gasteiger partial charge in [0.2, 0.25) is 0 Å². The molecule has 1 atom stereocenters. The lowest BCUT2D eigenvalue weighted by Gasteiger charge is -2.15. The maximum absolute atomic E-state index is 15.1. The van der Waals surface area contributed by atoms with Gasteiger partial charge in [0.15, 0.2) is 0 Å². The Labute approximate surface area is 207 Å². The van der Waals surface area contributed by atoms with Crippen LogP contribution in [0.1, 0.15) is 23.6 Å². The maximum Gasteiger partial charge on any atom is 0.310 e. The number of benzene rings is 3. The molecule has 0 fully saturated rings. The van der Waals surface area contributed by atoms with Crippen LogP contribution in [0.5, 0.6) is 5.75 Å². The van der Waals surface area contributed by atoms with Crippen LogP contribution < -0.4 is 10.5 Å². The van der Waals surface area contributed by atoms with Crippen molar-refractivity contribution < 1.29 is 32.2 Å². The summed E-state index contributed by atoms with van der Waals surface area (Å²) in [5, 5.41) is 0.744. The molecule has 0 aliphatic heterocycles. The fourth-order valence-electron chi connectivity index (χ4n) is 4.06. The monoisotopic (exact) mass is 495 g/mol. The zero-order valence-corrected chi connectivity index (χ0v) is 20.1. The van der Waals surface area contributed by atoms with E-state index < -0.39 is 11.6 Å². The van der Waals surface area contributed by atoms with Crippen molar-refractivity contribution in [1.29, 1.82) is 0 Å². The fourth-order valence-corrected chi connectivity index (χ4v) is 4.06. The molecule has 0 saturated carbocycles. The summed E-state index contributed by atoms with van der Waals surface area (Å²) in [7, 11) is 1.54. The Hall–Kier alpha value is -3.75. The van der Waals surface area contributed by atoms with Crippen LogP contribution in [0.2, 0.25) is 0 Å². The Morgan fingerprint density at radius 2 is 1.89 bits per heavy atom. The number of carbonyl (C=O) groups excluding carboxylic acids is 1. The number of esters is 1. The molecule has 1 aromatic heterocycles. The highest BCUT2D eigenvalue weighted by Gasteiger charge is 2.19. The van der Waals surface area contributed by atoms with Crippen LogP contribution in [-0.2, 0) is 33.8 Å². The van der Waals surface area contributed by atoms with Gasteiger partial charge in [0.05, 0.1) is 19.3 Å².